The molecule has 0 saturated heterocycles. The quantitative estimate of drug-likeness (QED) is 0.738. The van der Waals surface area contributed by atoms with Gasteiger partial charge in [0.15, 0.2) is 5.76 Å². The van der Waals surface area contributed by atoms with Crippen LogP contribution in [0.5, 0.6) is 5.75 Å². The number of hydrogen-bond acceptors (Lipinski definition) is 4. The van der Waals surface area contributed by atoms with Crippen molar-refractivity contribution >= 4 is 16.7 Å². The maximum Gasteiger partial charge on any atom is 0.162 e. The highest BCUT2D eigenvalue weighted by Gasteiger charge is 2.24. The molecule has 3 rings (SSSR count). The molecular formula is C19H21NO3. The van der Waals surface area contributed by atoms with Gasteiger partial charge in [0.2, 0.25) is 0 Å². The Labute approximate surface area is 135 Å². The van der Waals surface area contributed by atoms with E-state index in [9.17, 15) is 5.11 Å². The van der Waals surface area contributed by atoms with E-state index < -0.39 is 5.54 Å². The molecule has 0 unspecified atom stereocenters. The van der Waals surface area contributed by atoms with E-state index >= 15 is 0 Å². The van der Waals surface area contributed by atoms with Crippen LogP contribution < -0.4 is 10.1 Å². The third-order valence-corrected chi connectivity index (χ3v) is 3.81. The van der Waals surface area contributed by atoms with Crippen molar-refractivity contribution in [1.29, 1.82) is 0 Å². The average molecular weight is 311 g/mol. The summed E-state index contributed by atoms with van der Waals surface area (Å²) in [7, 11) is 1.65. The maximum atomic E-state index is 9.61. The lowest BCUT2D eigenvalue weighted by Gasteiger charge is -2.25. The number of anilines is 1. The summed E-state index contributed by atoms with van der Waals surface area (Å²) >= 11 is 0. The van der Waals surface area contributed by atoms with Gasteiger partial charge in [-0.05, 0) is 38.1 Å². The topological polar surface area (TPSA) is 54.6 Å². The Morgan fingerprint density at radius 3 is 2.52 bits per heavy atom. The summed E-state index contributed by atoms with van der Waals surface area (Å²) in [6.07, 6.45) is 0. The SMILES string of the molecule is COc1ccccc1-c1oc2ccccc2c1NC(C)(C)CO. The number of aliphatic hydroxyl groups excluding tert-OH is 1. The van der Waals surface area contributed by atoms with E-state index in [1.54, 1.807) is 7.11 Å². The van der Waals surface area contributed by atoms with E-state index in [4.69, 9.17) is 9.15 Å². The van der Waals surface area contributed by atoms with Gasteiger partial charge in [0.05, 0.1) is 30.5 Å². The molecule has 0 saturated carbocycles. The molecule has 0 aliphatic carbocycles. The normalized spacial score (nSPS) is 11.7. The first-order valence-electron chi connectivity index (χ1n) is 7.60. The summed E-state index contributed by atoms with van der Waals surface area (Å²) in [5.41, 5.74) is 2.07. The zero-order valence-corrected chi connectivity index (χ0v) is 13.6. The number of para-hydroxylation sites is 2. The molecule has 23 heavy (non-hydrogen) atoms. The number of benzene rings is 2. The highest BCUT2D eigenvalue weighted by atomic mass is 16.5. The number of fused-ring (bicyclic) bond motifs is 1. The molecule has 0 bridgehead atoms. The van der Waals surface area contributed by atoms with Crippen molar-refractivity contribution in [2.24, 2.45) is 0 Å². The van der Waals surface area contributed by atoms with Crippen LogP contribution in [-0.4, -0.2) is 24.4 Å². The molecule has 0 fully saturated rings. The van der Waals surface area contributed by atoms with Crippen LogP contribution in [0.4, 0.5) is 5.69 Å². The van der Waals surface area contributed by atoms with E-state index in [0.29, 0.717) is 5.76 Å². The predicted molar refractivity (Wildman–Crippen MR) is 93.0 cm³/mol. The minimum atomic E-state index is -0.469. The molecule has 0 radical (unpaired) electrons. The van der Waals surface area contributed by atoms with Gasteiger partial charge in [-0.3, -0.25) is 0 Å². The molecule has 4 nitrogen and oxygen atoms in total. The fraction of sp³-hybridized carbons (Fsp3) is 0.263. The van der Waals surface area contributed by atoms with Gasteiger partial charge >= 0.3 is 0 Å². The number of ether oxygens (including phenoxy) is 1. The van der Waals surface area contributed by atoms with Crippen molar-refractivity contribution in [3.63, 3.8) is 0 Å². The highest BCUT2D eigenvalue weighted by molar-refractivity contribution is 5.99. The lowest BCUT2D eigenvalue weighted by molar-refractivity contribution is 0.234. The highest BCUT2D eigenvalue weighted by Crippen LogP contribution is 2.42. The van der Waals surface area contributed by atoms with Crippen molar-refractivity contribution in [3.05, 3.63) is 48.5 Å². The van der Waals surface area contributed by atoms with Crippen molar-refractivity contribution in [3.8, 4) is 17.1 Å². The van der Waals surface area contributed by atoms with E-state index in [1.165, 1.54) is 0 Å². The van der Waals surface area contributed by atoms with Crippen LogP contribution in [0.25, 0.3) is 22.3 Å². The first kappa shape index (κ1) is 15.4. The Kier molecular flexibility index (Phi) is 4.01. The lowest BCUT2D eigenvalue weighted by atomic mass is 10.0. The van der Waals surface area contributed by atoms with Gasteiger partial charge in [0.25, 0.3) is 0 Å². The van der Waals surface area contributed by atoms with Gasteiger partial charge < -0.3 is 19.6 Å². The number of nitrogens with one attached hydrogen (secondary N) is 1. The second kappa shape index (κ2) is 5.97. The van der Waals surface area contributed by atoms with Crippen LogP contribution in [0, 0.1) is 0 Å². The molecule has 3 aromatic rings. The zero-order chi connectivity index (χ0) is 16.4. The molecule has 0 aliphatic heterocycles. The monoisotopic (exact) mass is 311 g/mol. The molecule has 1 aromatic heterocycles. The molecule has 2 N–H and O–H groups in total. The third kappa shape index (κ3) is 2.90. The van der Waals surface area contributed by atoms with Crippen molar-refractivity contribution in [2.75, 3.05) is 19.0 Å². The summed E-state index contributed by atoms with van der Waals surface area (Å²) in [6.45, 7) is 3.90. The summed E-state index contributed by atoms with van der Waals surface area (Å²) in [5, 5.41) is 14.0. The largest absolute Gasteiger partial charge is 0.496 e. The van der Waals surface area contributed by atoms with Crippen molar-refractivity contribution in [2.45, 2.75) is 19.4 Å². The van der Waals surface area contributed by atoms with Gasteiger partial charge in [-0.2, -0.15) is 0 Å². The molecule has 2 aromatic carbocycles. The zero-order valence-electron chi connectivity index (χ0n) is 13.6. The number of rotatable bonds is 5. The van der Waals surface area contributed by atoms with Crippen LogP contribution >= 0.6 is 0 Å². The minimum Gasteiger partial charge on any atom is -0.496 e. The Morgan fingerprint density at radius 2 is 1.78 bits per heavy atom. The second-order valence-corrected chi connectivity index (χ2v) is 6.17. The summed E-state index contributed by atoms with van der Waals surface area (Å²) < 4.78 is 11.6. The van der Waals surface area contributed by atoms with Crippen LogP contribution in [0.2, 0.25) is 0 Å². The van der Waals surface area contributed by atoms with E-state index in [2.05, 4.69) is 5.32 Å². The number of aliphatic hydroxyl groups is 1. The molecule has 4 heteroatoms. The number of furan rings is 1. The van der Waals surface area contributed by atoms with Gasteiger partial charge in [-0.1, -0.05) is 24.3 Å². The number of hydrogen-bond donors (Lipinski definition) is 2. The first-order valence-corrected chi connectivity index (χ1v) is 7.60. The van der Waals surface area contributed by atoms with Crippen LogP contribution in [-0.2, 0) is 0 Å². The molecule has 0 aliphatic rings. The Hall–Kier alpha value is -2.46. The number of methoxy groups -OCH3 is 1. The van der Waals surface area contributed by atoms with Crippen LogP contribution in [0.3, 0.4) is 0 Å². The van der Waals surface area contributed by atoms with Gasteiger partial charge in [-0.25, -0.2) is 0 Å². The van der Waals surface area contributed by atoms with E-state index in [1.807, 2.05) is 62.4 Å². The second-order valence-electron chi connectivity index (χ2n) is 6.17. The third-order valence-electron chi connectivity index (χ3n) is 3.81. The molecular weight excluding hydrogens is 290 g/mol. The molecule has 0 spiro atoms. The van der Waals surface area contributed by atoms with Gasteiger partial charge in [0, 0.05) is 5.39 Å². The molecule has 0 amide bonds. The summed E-state index contributed by atoms with van der Waals surface area (Å²) in [4.78, 5) is 0. The van der Waals surface area contributed by atoms with Crippen LogP contribution in [0.15, 0.2) is 52.9 Å². The first-order chi connectivity index (χ1) is 11.1. The van der Waals surface area contributed by atoms with E-state index in [0.717, 1.165) is 28.0 Å². The minimum absolute atomic E-state index is 0.0118. The smallest absolute Gasteiger partial charge is 0.162 e. The lowest BCUT2D eigenvalue weighted by Crippen LogP contribution is -2.35. The Balaban J connectivity index is 2.24. The Bertz CT molecular complexity index is 820. The summed E-state index contributed by atoms with van der Waals surface area (Å²) in [6, 6.07) is 15.6. The van der Waals surface area contributed by atoms with Crippen LogP contribution in [0.1, 0.15) is 13.8 Å². The predicted octanol–water partition coefficient (Wildman–Crippen LogP) is 4.29. The summed E-state index contributed by atoms with van der Waals surface area (Å²) in [5.74, 6) is 1.46. The standard InChI is InChI=1S/C19H21NO3/c1-19(2,12-21)20-17-13-8-4-7-11-16(13)23-18(17)14-9-5-6-10-15(14)22-3/h4-11,20-21H,12H2,1-3H3. The average Bonchev–Trinajstić information content (AvgIpc) is 2.93. The van der Waals surface area contributed by atoms with Crippen molar-refractivity contribution < 1.29 is 14.3 Å². The fourth-order valence-electron chi connectivity index (χ4n) is 2.57. The van der Waals surface area contributed by atoms with Gasteiger partial charge in [-0.15, -0.1) is 0 Å². The van der Waals surface area contributed by atoms with Crippen molar-refractivity contribution in [1.82, 2.24) is 0 Å². The maximum absolute atomic E-state index is 9.61. The van der Waals surface area contributed by atoms with E-state index in [-0.39, 0.29) is 6.61 Å². The molecule has 1 heterocycles. The molecule has 0 atom stereocenters. The van der Waals surface area contributed by atoms with Gasteiger partial charge in [0.1, 0.15) is 11.3 Å². The fourth-order valence-corrected chi connectivity index (χ4v) is 2.57. The molecule has 120 valence electrons. The Morgan fingerprint density at radius 1 is 1.09 bits per heavy atom.